The van der Waals surface area contributed by atoms with Crippen molar-refractivity contribution in [2.24, 2.45) is 0 Å². The van der Waals surface area contributed by atoms with E-state index in [9.17, 15) is 23.7 Å². The SMILES string of the molecule is Cc1cc(C)c(-c2ccc3c(c2)c2cc(-c4c(C)cc(C)cc4C)ccc2n3-c2cc(-c3ccc(C(F)(F)F)cc3C#N)cc(-n3c4ccc(-c5c(C)cc(C)cc5C)cc4c4cc(-c5c(C)cc(C)cc5C)ccc43)c2C#N)c(C)c1. The van der Waals surface area contributed by atoms with E-state index in [4.69, 9.17) is 0 Å². The van der Waals surface area contributed by atoms with Crippen LogP contribution in [0.15, 0.2) is 152 Å². The maximum Gasteiger partial charge on any atom is 0.416 e. The maximum absolute atomic E-state index is 14.5. The first-order valence-electron chi connectivity index (χ1n) is 27.8. The van der Waals surface area contributed by atoms with E-state index in [1.165, 1.54) is 72.8 Å². The Labute approximate surface area is 477 Å². The molecule has 0 aliphatic carbocycles. The van der Waals surface area contributed by atoms with E-state index in [1.54, 1.807) is 0 Å². The molecule has 0 atom stereocenters. The van der Waals surface area contributed by atoms with Gasteiger partial charge in [-0.15, -0.1) is 0 Å². The summed E-state index contributed by atoms with van der Waals surface area (Å²) in [6, 6.07) is 55.8. The van der Waals surface area contributed by atoms with E-state index >= 15 is 0 Å². The minimum absolute atomic E-state index is 0.134. The third-order valence-electron chi connectivity index (χ3n) is 16.9. The quantitative estimate of drug-likeness (QED) is 0.160. The number of aromatic nitrogens is 2. The number of fused-ring (bicyclic) bond motifs is 6. The van der Waals surface area contributed by atoms with Crippen LogP contribution in [0.25, 0.3) is 111 Å². The van der Waals surface area contributed by atoms with Gasteiger partial charge in [-0.25, -0.2) is 0 Å². The second-order valence-electron chi connectivity index (χ2n) is 23.1. The zero-order chi connectivity index (χ0) is 58.0. The molecule has 10 aromatic carbocycles. The van der Waals surface area contributed by atoms with E-state index in [2.05, 4.69) is 226 Å². The Hall–Kier alpha value is -9.43. The second-order valence-corrected chi connectivity index (χ2v) is 23.1. The van der Waals surface area contributed by atoms with Gasteiger partial charge in [-0.2, -0.15) is 23.7 Å². The number of nitriles is 2. The minimum Gasteiger partial charge on any atom is -0.308 e. The summed E-state index contributed by atoms with van der Waals surface area (Å²) in [6.07, 6.45) is -4.68. The van der Waals surface area contributed by atoms with E-state index in [0.29, 0.717) is 28.1 Å². The van der Waals surface area contributed by atoms with Gasteiger partial charge in [0.2, 0.25) is 0 Å². The van der Waals surface area contributed by atoms with Crippen LogP contribution >= 0.6 is 0 Å². The van der Waals surface area contributed by atoms with E-state index in [0.717, 1.165) is 100 Å². The average molecular weight is 1080 g/mol. The number of benzene rings is 10. The standard InChI is InChI=1S/C75H61F3N4/c1-40-23-44(5)71(45(6)24-40)52-13-19-65-60(32-52)61-33-53(72-46(7)25-41(2)26-47(72)8)14-20-66(61)81(65)69-36-56(59-18-17-58(75(76,77)78)31-57(59)38-79)37-70(64(69)39-80)82-67-21-15-54(73-48(9)27-42(3)28-49(73)10)34-62(67)63-35-55(16-22-68(63)82)74-50(11)29-43(4)30-51(74)12/h13-37H,1-12H3. The Morgan fingerprint density at radius 2 is 0.622 bits per heavy atom. The Morgan fingerprint density at radius 1 is 0.329 bits per heavy atom. The Balaban J connectivity index is 1.22. The fraction of sp³-hybridized carbons (Fsp3) is 0.173. The Morgan fingerprint density at radius 3 is 0.878 bits per heavy atom. The van der Waals surface area contributed by atoms with Crippen molar-refractivity contribution in [2.75, 3.05) is 0 Å². The molecule has 0 N–H and O–H groups in total. The molecule has 402 valence electrons. The highest BCUT2D eigenvalue weighted by molar-refractivity contribution is 6.14. The van der Waals surface area contributed by atoms with Gasteiger partial charge in [0.25, 0.3) is 0 Å². The normalized spacial score (nSPS) is 11.8. The van der Waals surface area contributed by atoms with Crippen LogP contribution in [0.5, 0.6) is 0 Å². The van der Waals surface area contributed by atoms with Gasteiger partial charge >= 0.3 is 6.18 Å². The van der Waals surface area contributed by atoms with Gasteiger partial charge < -0.3 is 9.13 Å². The molecule has 0 unspecified atom stereocenters. The van der Waals surface area contributed by atoms with Crippen LogP contribution in [-0.4, -0.2) is 9.13 Å². The summed E-state index contributed by atoms with van der Waals surface area (Å²) in [5.41, 5.74) is 27.4. The third-order valence-corrected chi connectivity index (χ3v) is 16.9. The summed E-state index contributed by atoms with van der Waals surface area (Å²) in [4.78, 5) is 0. The van der Waals surface area contributed by atoms with Crippen molar-refractivity contribution in [3.63, 3.8) is 0 Å². The molecule has 12 rings (SSSR count). The molecule has 0 aliphatic heterocycles. The van der Waals surface area contributed by atoms with Crippen molar-refractivity contribution in [1.82, 2.24) is 9.13 Å². The lowest BCUT2D eigenvalue weighted by atomic mass is 9.91. The molecular weight excluding hydrogens is 1010 g/mol. The lowest BCUT2D eigenvalue weighted by Crippen LogP contribution is -2.07. The van der Waals surface area contributed by atoms with Crippen molar-refractivity contribution < 1.29 is 13.2 Å². The summed E-state index contributed by atoms with van der Waals surface area (Å²) in [6.45, 7) is 25.7. The molecular formula is C75H61F3N4. The maximum atomic E-state index is 14.5. The monoisotopic (exact) mass is 1070 g/mol. The van der Waals surface area contributed by atoms with Gasteiger partial charge in [0.1, 0.15) is 11.6 Å². The number of aryl methyl sites for hydroxylation is 12. The van der Waals surface area contributed by atoms with Gasteiger partial charge in [-0.1, -0.05) is 101 Å². The molecule has 4 nitrogen and oxygen atoms in total. The molecule has 7 heteroatoms. The number of halogens is 3. The fourth-order valence-electron chi connectivity index (χ4n) is 14.0. The zero-order valence-corrected chi connectivity index (χ0v) is 48.4. The smallest absolute Gasteiger partial charge is 0.308 e. The van der Waals surface area contributed by atoms with Gasteiger partial charge in [0, 0.05) is 21.5 Å². The molecule has 82 heavy (non-hydrogen) atoms. The molecule has 2 aromatic heterocycles. The highest BCUT2D eigenvalue weighted by atomic mass is 19.4. The van der Waals surface area contributed by atoms with E-state index in [-0.39, 0.29) is 5.56 Å². The van der Waals surface area contributed by atoms with Gasteiger partial charge in [0.05, 0.1) is 50.6 Å². The van der Waals surface area contributed by atoms with Crippen molar-refractivity contribution >= 4 is 43.6 Å². The molecule has 12 aromatic rings. The molecule has 0 bridgehead atoms. The predicted octanol–water partition coefficient (Wildman–Crippen LogP) is 20.7. The number of hydrogen-bond donors (Lipinski definition) is 0. The van der Waals surface area contributed by atoms with E-state index < -0.39 is 11.7 Å². The van der Waals surface area contributed by atoms with Crippen LogP contribution in [0.3, 0.4) is 0 Å². The van der Waals surface area contributed by atoms with Crippen LogP contribution in [0, 0.1) is 106 Å². The minimum atomic E-state index is -4.68. The van der Waals surface area contributed by atoms with Crippen molar-refractivity contribution in [2.45, 2.75) is 89.3 Å². The average Bonchev–Trinajstić information content (AvgIpc) is 4.01. The summed E-state index contributed by atoms with van der Waals surface area (Å²) in [5.74, 6) is 0. The second kappa shape index (κ2) is 19.7. The fourth-order valence-corrected chi connectivity index (χ4v) is 14.0. The molecule has 0 saturated heterocycles. The molecule has 0 amide bonds. The Bertz CT molecular complexity index is 4250. The first kappa shape index (κ1) is 53.2. The highest BCUT2D eigenvalue weighted by Gasteiger charge is 2.32. The van der Waals surface area contributed by atoms with Crippen LogP contribution in [0.4, 0.5) is 13.2 Å². The van der Waals surface area contributed by atoms with Crippen LogP contribution in [-0.2, 0) is 6.18 Å². The van der Waals surface area contributed by atoms with Gasteiger partial charge in [0.15, 0.2) is 0 Å². The van der Waals surface area contributed by atoms with Gasteiger partial charge in [-0.3, -0.25) is 0 Å². The number of rotatable bonds is 7. The highest BCUT2D eigenvalue weighted by Crippen LogP contribution is 2.46. The van der Waals surface area contributed by atoms with Crippen molar-refractivity contribution in [3.8, 4) is 79.1 Å². The molecule has 0 fully saturated rings. The molecule has 2 heterocycles. The zero-order valence-electron chi connectivity index (χ0n) is 48.4. The first-order valence-corrected chi connectivity index (χ1v) is 27.8. The summed E-state index contributed by atoms with van der Waals surface area (Å²) < 4.78 is 47.7. The number of alkyl halides is 3. The molecule has 0 saturated carbocycles. The lowest BCUT2D eigenvalue weighted by Gasteiger charge is -2.19. The molecule has 0 radical (unpaired) electrons. The summed E-state index contributed by atoms with van der Waals surface area (Å²) >= 11 is 0. The first-order chi connectivity index (χ1) is 39.1. The topological polar surface area (TPSA) is 57.4 Å². The summed E-state index contributed by atoms with van der Waals surface area (Å²) in [7, 11) is 0. The largest absolute Gasteiger partial charge is 0.416 e. The molecule has 0 spiro atoms. The predicted molar refractivity (Wildman–Crippen MR) is 334 cm³/mol. The van der Waals surface area contributed by atoms with Gasteiger partial charge in [-0.05, 0) is 256 Å². The van der Waals surface area contributed by atoms with Crippen LogP contribution in [0.2, 0.25) is 0 Å². The number of nitrogens with zero attached hydrogens (tertiary/aromatic N) is 4. The lowest BCUT2D eigenvalue weighted by molar-refractivity contribution is -0.137. The third kappa shape index (κ3) is 8.75. The Kier molecular flexibility index (Phi) is 12.8. The van der Waals surface area contributed by atoms with Crippen LogP contribution < -0.4 is 0 Å². The van der Waals surface area contributed by atoms with Crippen molar-refractivity contribution in [3.05, 3.63) is 235 Å². The van der Waals surface area contributed by atoms with Crippen LogP contribution in [0.1, 0.15) is 83.5 Å². The number of hydrogen-bond acceptors (Lipinski definition) is 2. The summed E-state index contributed by atoms with van der Waals surface area (Å²) in [5, 5.41) is 26.7. The molecule has 0 aliphatic rings. The van der Waals surface area contributed by atoms with Crippen molar-refractivity contribution in [1.29, 1.82) is 10.5 Å². The van der Waals surface area contributed by atoms with E-state index in [1.807, 2.05) is 12.1 Å².